The summed E-state index contributed by atoms with van der Waals surface area (Å²) in [4.78, 5) is 11.2. The van der Waals surface area contributed by atoms with E-state index in [0.717, 1.165) is 30.3 Å². The van der Waals surface area contributed by atoms with Gasteiger partial charge in [-0.2, -0.15) is 4.98 Å². The maximum absolute atomic E-state index is 5.57. The smallest absolute Gasteiger partial charge is 0.244 e. The fraction of sp³-hybridized carbons (Fsp3) is 0.562. The van der Waals surface area contributed by atoms with Gasteiger partial charge in [0.15, 0.2) is 0 Å². The molecule has 1 saturated heterocycles. The first kappa shape index (κ1) is 13.0. The van der Waals surface area contributed by atoms with Crippen molar-refractivity contribution in [3.63, 3.8) is 0 Å². The van der Waals surface area contributed by atoms with Crippen molar-refractivity contribution in [3.05, 3.63) is 30.4 Å². The Morgan fingerprint density at radius 1 is 1.14 bits per heavy atom. The molecule has 2 fully saturated rings. The van der Waals surface area contributed by atoms with Crippen molar-refractivity contribution in [1.82, 2.24) is 20.0 Å². The number of likely N-dealkylation sites (tertiary alicyclic amines) is 1. The van der Waals surface area contributed by atoms with E-state index in [1.54, 1.807) is 12.4 Å². The second-order valence-electron chi connectivity index (χ2n) is 6.14. The van der Waals surface area contributed by atoms with Gasteiger partial charge in [-0.15, -0.1) is 0 Å². The van der Waals surface area contributed by atoms with E-state index in [0.29, 0.717) is 11.9 Å². The number of hydrogen-bond donors (Lipinski definition) is 0. The Morgan fingerprint density at radius 3 is 2.81 bits per heavy atom. The third kappa shape index (κ3) is 2.83. The number of piperidine rings is 1. The molecule has 0 N–H and O–H groups in total. The third-order valence-corrected chi connectivity index (χ3v) is 4.47. The summed E-state index contributed by atoms with van der Waals surface area (Å²) in [5, 5.41) is 4.15. The molecule has 1 saturated carbocycles. The molecule has 0 amide bonds. The van der Waals surface area contributed by atoms with Crippen LogP contribution in [0.3, 0.4) is 0 Å². The zero-order valence-corrected chi connectivity index (χ0v) is 12.1. The van der Waals surface area contributed by atoms with Crippen molar-refractivity contribution in [2.24, 2.45) is 5.92 Å². The molecule has 1 aliphatic heterocycles. The topological polar surface area (TPSA) is 55.1 Å². The second kappa shape index (κ2) is 5.56. The highest BCUT2D eigenvalue weighted by atomic mass is 16.5. The van der Waals surface area contributed by atoms with Gasteiger partial charge in [0, 0.05) is 24.5 Å². The third-order valence-electron chi connectivity index (χ3n) is 4.47. The summed E-state index contributed by atoms with van der Waals surface area (Å²) in [7, 11) is 0. The van der Waals surface area contributed by atoms with Gasteiger partial charge in [0.25, 0.3) is 0 Å². The Balaban J connectivity index is 1.55. The minimum Gasteiger partial charge on any atom is -0.337 e. The van der Waals surface area contributed by atoms with Crippen LogP contribution in [0.4, 0.5) is 0 Å². The van der Waals surface area contributed by atoms with Crippen LogP contribution in [-0.2, 0) is 0 Å². The molecule has 5 heteroatoms. The Bertz CT molecular complexity index is 593. The fourth-order valence-electron chi connectivity index (χ4n) is 3.11. The Kier molecular flexibility index (Phi) is 3.43. The van der Waals surface area contributed by atoms with E-state index in [-0.39, 0.29) is 0 Å². The molecular formula is C16H20N4O. The van der Waals surface area contributed by atoms with Crippen molar-refractivity contribution in [2.75, 3.05) is 13.1 Å². The van der Waals surface area contributed by atoms with E-state index >= 15 is 0 Å². The van der Waals surface area contributed by atoms with Gasteiger partial charge in [-0.1, -0.05) is 11.6 Å². The van der Waals surface area contributed by atoms with E-state index in [1.807, 2.05) is 12.1 Å². The molecule has 21 heavy (non-hydrogen) atoms. The number of hydrogen-bond acceptors (Lipinski definition) is 5. The van der Waals surface area contributed by atoms with E-state index in [2.05, 4.69) is 20.0 Å². The molecule has 2 aromatic rings. The molecule has 5 nitrogen and oxygen atoms in total. The molecule has 2 aromatic heterocycles. The van der Waals surface area contributed by atoms with Crippen LogP contribution in [-0.4, -0.2) is 33.1 Å². The van der Waals surface area contributed by atoms with Crippen molar-refractivity contribution in [1.29, 1.82) is 0 Å². The molecule has 0 unspecified atom stereocenters. The lowest BCUT2D eigenvalue weighted by Gasteiger charge is -2.33. The number of nitrogens with zero attached hydrogens (tertiary/aromatic N) is 4. The van der Waals surface area contributed by atoms with Crippen molar-refractivity contribution in [3.8, 4) is 11.4 Å². The highest BCUT2D eigenvalue weighted by Crippen LogP contribution is 2.36. The summed E-state index contributed by atoms with van der Waals surface area (Å²) in [6.45, 7) is 2.35. The zero-order chi connectivity index (χ0) is 14.1. The first-order valence-corrected chi connectivity index (χ1v) is 7.88. The molecule has 3 heterocycles. The van der Waals surface area contributed by atoms with Gasteiger partial charge in [-0.25, -0.2) is 0 Å². The highest BCUT2D eigenvalue weighted by Gasteiger charge is 2.33. The summed E-state index contributed by atoms with van der Waals surface area (Å²) in [6.07, 6.45) is 9.94. The van der Waals surface area contributed by atoms with E-state index in [1.165, 1.54) is 32.2 Å². The van der Waals surface area contributed by atoms with Gasteiger partial charge in [0.2, 0.25) is 11.7 Å². The van der Waals surface area contributed by atoms with Crippen LogP contribution in [0.15, 0.2) is 29.0 Å². The first-order valence-electron chi connectivity index (χ1n) is 7.88. The van der Waals surface area contributed by atoms with Crippen LogP contribution < -0.4 is 0 Å². The van der Waals surface area contributed by atoms with Gasteiger partial charge >= 0.3 is 0 Å². The predicted octanol–water partition coefficient (Wildman–Crippen LogP) is 3.07. The van der Waals surface area contributed by atoms with Gasteiger partial charge in [0.05, 0.1) is 6.04 Å². The molecule has 0 spiro atoms. The summed E-state index contributed by atoms with van der Waals surface area (Å²) >= 11 is 0. The summed E-state index contributed by atoms with van der Waals surface area (Å²) < 4.78 is 5.57. The Morgan fingerprint density at radius 2 is 2.00 bits per heavy atom. The van der Waals surface area contributed by atoms with Crippen LogP contribution >= 0.6 is 0 Å². The van der Waals surface area contributed by atoms with Crippen molar-refractivity contribution in [2.45, 2.75) is 38.1 Å². The summed E-state index contributed by atoms with van der Waals surface area (Å²) in [5.74, 6) is 2.35. The van der Waals surface area contributed by atoms with Crippen molar-refractivity contribution >= 4 is 0 Å². The Hall–Kier alpha value is -1.75. The van der Waals surface area contributed by atoms with Crippen LogP contribution in [0.5, 0.6) is 0 Å². The van der Waals surface area contributed by atoms with E-state index in [9.17, 15) is 0 Å². The van der Waals surface area contributed by atoms with E-state index < -0.39 is 0 Å². The number of rotatable bonds is 4. The summed E-state index contributed by atoms with van der Waals surface area (Å²) in [5.41, 5.74) is 0.963. The Labute approximate surface area is 124 Å². The maximum Gasteiger partial charge on any atom is 0.244 e. The molecular weight excluding hydrogens is 264 g/mol. The largest absolute Gasteiger partial charge is 0.337 e. The van der Waals surface area contributed by atoms with Crippen molar-refractivity contribution < 1.29 is 4.52 Å². The number of aromatic nitrogens is 3. The molecule has 0 radical (unpaired) electrons. The molecule has 4 rings (SSSR count). The lowest BCUT2D eigenvalue weighted by atomic mass is 10.0. The lowest BCUT2D eigenvalue weighted by molar-refractivity contribution is 0.113. The van der Waals surface area contributed by atoms with Gasteiger partial charge < -0.3 is 4.52 Å². The lowest BCUT2D eigenvalue weighted by Crippen LogP contribution is -2.35. The first-order chi connectivity index (χ1) is 10.4. The standard InChI is InChI=1S/C16H20N4O/c1-2-10-20(11-12-4-5-12)14(3-1)16-18-15(19-21-16)13-6-8-17-9-7-13/h6-9,12,14H,1-5,10-11H2/t14-/m1/s1. The van der Waals surface area contributed by atoms with E-state index in [4.69, 9.17) is 4.52 Å². The molecule has 110 valence electrons. The predicted molar refractivity (Wildman–Crippen MR) is 78.4 cm³/mol. The average Bonchev–Trinajstić information content (AvgIpc) is 3.22. The SMILES string of the molecule is c1cc(-c2noc([C@H]3CCCCN3CC3CC3)n2)ccn1. The van der Waals surface area contributed by atoms with Gasteiger partial charge in [0.1, 0.15) is 0 Å². The summed E-state index contributed by atoms with van der Waals surface area (Å²) in [6, 6.07) is 4.14. The normalized spacial score (nSPS) is 23.3. The molecule has 0 aromatic carbocycles. The van der Waals surface area contributed by atoms with Gasteiger partial charge in [-0.3, -0.25) is 9.88 Å². The number of pyridine rings is 1. The van der Waals surface area contributed by atoms with Crippen LogP contribution in [0.2, 0.25) is 0 Å². The van der Waals surface area contributed by atoms with Crippen LogP contribution in [0.1, 0.15) is 44.0 Å². The fourth-order valence-corrected chi connectivity index (χ4v) is 3.11. The second-order valence-corrected chi connectivity index (χ2v) is 6.14. The highest BCUT2D eigenvalue weighted by molar-refractivity contribution is 5.52. The zero-order valence-electron chi connectivity index (χ0n) is 12.1. The molecule has 1 atom stereocenters. The maximum atomic E-state index is 5.57. The van der Waals surface area contributed by atoms with Gasteiger partial charge in [-0.05, 0) is 50.3 Å². The minimum absolute atomic E-state index is 0.308. The molecule has 0 bridgehead atoms. The quantitative estimate of drug-likeness (QED) is 0.863. The monoisotopic (exact) mass is 284 g/mol. The molecule has 2 aliphatic rings. The minimum atomic E-state index is 0.308. The van der Waals surface area contributed by atoms with Crippen LogP contribution in [0.25, 0.3) is 11.4 Å². The average molecular weight is 284 g/mol. The van der Waals surface area contributed by atoms with Crippen LogP contribution in [0, 0.1) is 5.92 Å². The molecule has 1 aliphatic carbocycles.